The highest BCUT2D eigenvalue weighted by Gasteiger charge is 2.29. The van der Waals surface area contributed by atoms with Gasteiger partial charge in [0.25, 0.3) is 5.91 Å². The first kappa shape index (κ1) is 16.5. The summed E-state index contributed by atoms with van der Waals surface area (Å²) >= 11 is 3.95. The zero-order valence-electron chi connectivity index (χ0n) is 12.7. The Morgan fingerprint density at radius 1 is 1.09 bits per heavy atom. The summed E-state index contributed by atoms with van der Waals surface area (Å²) in [5.41, 5.74) is 6.06. The molecule has 23 heavy (non-hydrogen) atoms. The van der Waals surface area contributed by atoms with Crippen LogP contribution in [0.3, 0.4) is 0 Å². The Balaban J connectivity index is 1.40. The molecule has 2 fully saturated rings. The van der Waals surface area contributed by atoms with Gasteiger partial charge < -0.3 is 4.74 Å². The van der Waals surface area contributed by atoms with E-state index in [2.05, 4.69) is 23.0 Å². The molecule has 1 aliphatic heterocycles. The fraction of sp³-hybridized carbons (Fsp3) is 0.500. The van der Waals surface area contributed by atoms with Crippen LogP contribution in [0.1, 0.15) is 29.4 Å². The minimum absolute atomic E-state index is 0.0688. The SMILES string of the molecule is O=C(COc1ccc(C2SCCCS2)cc1)NNC(=O)C1CC1. The Kier molecular flexibility index (Phi) is 5.72. The molecule has 2 amide bonds. The largest absolute Gasteiger partial charge is 0.484 e. The van der Waals surface area contributed by atoms with Crippen LogP contribution in [0.4, 0.5) is 0 Å². The molecule has 2 aliphatic rings. The molecule has 0 unspecified atom stereocenters. The third-order valence-electron chi connectivity index (χ3n) is 3.62. The smallest absolute Gasteiger partial charge is 0.276 e. The zero-order chi connectivity index (χ0) is 16.1. The topological polar surface area (TPSA) is 67.4 Å². The van der Waals surface area contributed by atoms with Crippen molar-refractivity contribution in [2.24, 2.45) is 5.92 Å². The molecule has 1 aromatic carbocycles. The van der Waals surface area contributed by atoms with Crippen LogP contribution in [0.2, 0.25) is 0 Å². The molecule has 0 radical (unpaired) electrons. The number of ether oxygens (including phenoxy) is 1. The second kappa shape index (κ2) is 7.97. The molecule has 1 saturated heterocycles. The van der Waals surface area contributed by atoms with Crippen LogP contribution < -0.4 is 15.6 Å². The van der Waals surface area contributed by atoms with Crippen LogP contribution in [0.15, 0.2) is 24.3 Å². The van der Waals surface area contributed by atoms with E-state index in [1.807, 2.05) is 35.7 Å². The van der Waals surface area contributed by atoms with Gasteiger partial charge in [0.05, 0.1) is 4.58 Å². The van der Waals surface area contributed by atoms with Crippen molar-refractivity contribution in [3.8, 4) is 5.75 Å². The van der Waals surface area contributed by atoms with E-state index in [0.29, 0.717) is 10.3 Å². The molecule has 7 heteroatoms. The summed E-state index contributed by atoms with van der Waals surface area (Å²) < 4.78 is 5.94. The number of thioether (sulfide) groups is 2. The molecule has 1 aromatic rings. The zero-order valence-corrected chi connectivity index (χ0v) is 14.4. The second-order valence-corrected chi connectivity index (χ2v) is 8.32. The molecule has 0 aromatic heterocycles. The highest BCUT2D eigenvalue weighted by atomic mass is 32.2. The number of amides is 2. The predicted octanol–water partition coefficient (Wildman–Crippen LogP) is 2.49. The fourth-order valence-corrected chi connectivity index (χ4v) is 5.06. The van der Waals surface area contributed by atoms with Gasteiger partial charge in [-0.2, -0.15) is 0 Å². The normalized spacial score (nSPS) is 18.3. The summed E-state index contributed by atoms with van der Waals surface area (Å²) in [6.45, 7) is -0.114. The van der Waals surface area contributed by atoms with Crippen LogP contribution in [0.5, 0.6) is 5.75 Å². The van der Waals surface area contributed by atoms with Crippen molar-refractivity contribution in [3.63, 3.8) is 0 Å². The molecule has 5 nitrogen and oxygen atoms in total. The molecular weight excluding hydrogens is 332 g/mol. The Bertz CT molecular complexity index is 555. The monoisotopic (exact) mass is 352 g/mol. The maximum absolute atomic E-state index is 11.6. The molecule has 124 valence electrons. The van der Waals surface area contributed by atoms with Crippen molar-refractivity contribution in [1.29, 1.82) is 0 Å². The van der Waals surface area contributed by atoms with E-state index in [1.165, 1.54) is 23.5 Å². The highest BCUT2D eigenvalue weighted by molar-refractivity contribution is 8.16. The van der Waals surface area contributed by atoms with Crippen LogP contribution in [0, 0.1) is 5.92 Å². The van der Waals surface area contributed by atoms with E-state index in [9.17, 15) is 9.59 Å². The van der Waals surface area contributed by atoms with E-state index in [-0.39, 0.29) is 24.3 Å². The third-order valence-corrected chi connectivity index (χ3v) is 6.64. The first-order valence-corrected chi connectivity index (χ1v) is 9.87. The third kappa shape index (κ3) is 5.07. The van der Waals surface area contributed by atoms with Crippen molar-refractivity contribution in [2.75, 3.05) is 18.1 Å². The number of hydrogen-bond acceptors (Lipinski definition) is 5. The van der Waals surface area contributed by atoms with Gasteiger partial charge >= 0.3 is 0 Å². The summed E-state index contributed by atoms with van der Waals surface area (Å²) in [6, 6.07) is 7.89. The second-order valence-electron chi connectivity index (χ2n) is 5.60. The standard InChI is InChI=1S/C16H20N2O3S2/c19-14(17-18-15(20)11-2-3-11)10-21-13-6-4-12(5-7-13)16-22-8-1-9-23-16/h4-7,11,16H,1-3,8-10H2,(H,17,19)(H,18,20). The summed E-state index contributed by atoms with van der Waals surface area (Å²) in [5.74, 6) is 2.67. The lowest BCUT2D eigenvalue weighted by Crippen LogP contribution is -2.44. The van der Waals surface area contributed by atoms with Crippen molar-refractivity contribution < 1.29 is 14.3 Å². The van der Waals surface area contributed by atoms with Gasteiger partial charge in [0, 0.05) is 5.92 Å². The molecular formula is C16H20N2O3S2. The number of hydrogen-bond donors (Lipinski definition) is 2. The minimum Gasteiger partial charge on any atom is -0.484 e. The van der Waals surface area contributed by atoms with Crippen molar-refractivity contribution >= 4 is 35.3 Å². The van der Waals surface area contributed by atoms with Gasteiger partial charge in [-0.3, -0.25) is 20.4 Å². The minimum atomic E-state index is -0.360. The Hall–Kier alpha value is -1.34. The molecule has 0 spiro atoms. The summed E-state index contributed by atoms with van der Waals surface area (Å²) in [4.78, 5) is 23.0. The van der Waals surface area contributed by atoms with Crippen LogP contribution >= 0.6 is 23.5 Å². The molecule has 1 heterocycles. The van der Waals surface area contributed by atoms with E-state index < -0.39 is 0 Å². The fourth-order valence-electron chi connectivity index (χ4n) is 2.17. The molecule has 3 rings (SSSR count). The Morgan fingerprint density at radius 2 is 1.78 bits per heavy atom. The van der Waals surface area contributed by atoms with Gasteiger partial charge in [0.15, 0.2) is 6.61 Å². The van der Waals surface area contributed by atoms with E-state index in [4.69, 9.17) is 4.74 Å². The van der Waals surface area contributed by atoms with Gasteiger partial charge in [-0.05, 0) is 48.5 Å². The van der Waals surface area contributed by atoms with E-state index in [0.717, 1.165) is 12.8 Å². The first-order valence-electron chi connectivity index (χ1n) is 7.77. The molecule has 2 N–H and O–H groups in total. The summed E-state index contributed by atoms with van der Waals surface area (Å²) in [6.07, 6.45) is 3.09. The van der Waals surface area contributed by atoms with Crippen molar-refractivity contribution in [3.05, 3.63) is 29.8 Å². The summed E-state index contributed by atoms with van der Waals surface area (Å²) in [7, 11) is 0. The maximum Gasteiger partial charge on any atom is 0.276 e. The Labute approximate surface area is 144 Å². The number of rotatable bonds is 5. The average molecular weight is 352 g/mol. The van der Waals surface area contributed by atoms with Gasteiger partial charge in [0.1, 0.15) is 5.75 Å². The van der Waals surface area contributed by atoms with Gasteiger partial charge in [-0.1, -0.05) is 12.1 Å². The van der Waals surface area contributed by atoms with Crippen LogP contribution in [-0.2, 0) is 9.59 Å². The number of hydrazine groups is 1. The van der Waals surface area contributed by atoms with E-state index >= 15 is 0 Å². The predicted molar refractivity (Wildman–Crippen MR) is 93.2 cm³/mol. The van der Waals surface area contributed by atoms with E-state index in [1.54, 1.807) is 0 Å². The van der Waals surface area contributed by atoms with Crippen molar-refractivity contribution in [2.45, 2.75) is 23.8 Å². The van der Waals surface area contributed by atoms with Crippen LogP contribution in [-0.4, -0.2) is 29.9 Å². The van der Waals surface area contributed by atoms with Gasteiger partial charge in [-0.25, -0.2) is 0 Å². The van der Waals surface area contributed by atoms with Crippen LogP contribution in [0.25, 0.3) is 0 Å². The first-order chi connectivity index (χ1) is 11.2. The number of carbonyl (C=O) groups excluding carboxylic acids is 2. The quantitative estimate of drug-likeness (QED) is 0.797. The number of nitrogens with one attached hydrogen (secondary N) is 2. The lowest BCUT2D eigenvalue weighted by atomic mass is 10.2. The molecule has 0 atom stereocenters. The molecule has 1 aliphatic carbocycles. The lowest BCUT2D eigenvalue weighted by Gasteiger charge is -2.21. The maximum atomic E-state index is 11.6. The molecule has 0 bridgehead atoms. The van der Waals surface area contributed by atoms with Crippen molar-refractivity contribution in [1.82, 2.24) is 10.9 Å². The number of benzene rings is 1. The number of carbonyl (C=O) groups is 2. The highest BCUT2D eigenvalue weighted by Crippen LogP contribution is 2.43. The summed E-state index contributed by atoms with van der Waals surface area (Å²) in [5, 5.41) is 0. The average Bonchev–Trinajstić information content (AvgIpc) is 3.44. The molecule has 1 saturated carbocycles. The lowest BCUT2D eigenvalue weighted by molar-refractivity contribution is -0.130. The Morgan fingerprint density at radius 3 is 2.43 bits per heavy atom. The van der Waals surface area contributed by atoms with Gasteiger partial charge in [0.2, 0.25) is 5.91 Å². The van der Waals surface area contributed by atoms with Gasteiger partial charge in [-0.15, -0.1) is 23.5 Å².